The number of H-pyrrole nitrogens is 1. The van der Waals surface area contributed by atoms with Gasteiger partial charge in [0.05, 0.1) is 12.5 Å². The first-order valence-electron chi connectivity index (χ1n) is 6.76. The van der Waals surface area contributed by atoms with E-state index in [1.165, 1.54) is 4.31 Å². The number of carbonyl (C=O) groups is 1. The summed E-state index contributed by atoms with van der Waals surface area (Å²) >= 11 is 0. The molecule has 1 saturated heterocycles. The molecular formula is C11H19N5O4S. The second-order valence-corrected chi connectivity index (χ2v) is 6.47. The maximum Gasteiger partial charge on any atom is 0.310 e. The number of aromatic nitrogens is 3. The van der Waals surface area contributed by atoms with Crippen molar-refractivity contribution in [1.82, 2.24) is 19.5 Å². The van der Waals surface area contributed by atoms with Crippen molar-refractivity contribution in [2.75, 3.05) is 24.4 Å². The van der Waals surface area contributed by atoms with Crippen molar-refractivity contribution in [1.29, 1.82) is 0 Å². The van der Waals surface area contributed by atoms with E-state index in [9.17, 15) is 13.2 Å². The van der Waals surface area contributed by atoms with E-state index >= 15 is 0 Å². The topological polar surface area (TPSA) is 117 Å². The standard InChI is InChI=1S/C11H19N5O4S/c1-3-20-10(17)9-5-4-6-16(7-9)21(18,19)15-11-12-8(2)13-14-11/h9H,3-7H2,1-2H3,(H2,12,13,14,15). The Morgan fingerprint density at radius 1 is 1.57 bits per heavy atom. The van der Waals surface area contributed by atoms with Gasteiger partial charge in [-0.2, -0.15) is 17.7 Å². The fourth-order valence-corrected chi connectivity index (χ4v) is 3.38. The van der Waals surface area contributed by atoms with Crippen molar-refractivity contribution in [3.8, 4) is 0 Å². The Labute approximate surface area is 123 Å². The molecule has 2 rings (SSSR count). The molecule has 2 N–H and O–H groups in total. The molecule has 1 aromatic heterocycles. The van der Waals surface area contributed by atoms with E-state index < -0.39 is 16.1 Å². The first-order valence-corrected chi connectivity index (χ1v) is 8.20. The van der Waals surface area contributed by atoms with Gasteiger partial charge in [-0.1, -0.05) is 0 Å². The number of nitrogens with one attached hydrogen (secondary N) is 2. The van der Waals surface area contributed by atoms with Crippen molar-refractivity contribution in [3.05, 3.63) is 5.82 Å². The van der Waals surface area contributed by atoms with Crippen LogP contribution in [0.2, 0.25) is 0 Å². The lowest BCUT2D eigenvalue weighted by molar-refractivity contribution is -0.149. The summed E-state index contributed by atoms with van der Waals surface area (Å²) in [5, 5.41) is 6.29. The zero-order valence-electron chi connectivity index (χ0n) is 12.0. The zero-order chi connectivity index (χ0) is 15.5. The zero-order valence-corrected chi connectivity index (χ0v) is 12.8. The first kappa shape index (κ1) is 15.7. The first-order chi connectivity index (χ1) is 9.92. The van der Waals surface area contributed by atoms with Crippen molar-refractivity contribution in [3.63, 3.8) is 0 Å². The van der Waals surface area contributed by atoms with Crippen LogP contribution < -0.4 is 4.72 Å². The quantitative estimate of drug-likeness (QED) is 0.741. The number of hydrogen-bond donors (Lipinski definition) is 2. The minimum absolute atomic E-state index is 0.00856. The van der Waals surface area contributed by atoms with Crippen molar-refractivity contribution >= 4 is 22.1 Å². The lowest BCUT2D eigenvalue weighted by Crippen LogP contribution is -2.45. The van der Waals surface area contributed by atoms with E-state index in [1.807, 2.05) is 0 Å². The molecule has 0 amide bonds. The minimum Gasteiger partial charge on any atom is -0.466 e. The van der Waals surface area contributed by atoms with E-state index in [-0.39, 0.29) is 25.1 Å². The van der Waals surface area contributed by atoms with Crippen LogP contribution in [0, 0.1) is 12.8 Å². The third-order valence-electron chi connectivity index (χ3n) is 3.16. The van der Waals surface area contributed by atoms with E-state index in [0.29, 0.717) is 25.2 Å². The fraction of sp³-hybridized carbons (Fsp3) is 0.727. The molecule has 1 atom stereocenters. The molecule has 0 spiro atoms. The molecule has 21 heavy (non-hydrogen) atoms. The Balaban J connectivity index is 2.04. The van der Waals surface area contributed by atoms with Crippen LogP contribution in [0.3, 0.4) is 0 Å². The highest BCUT2D eigenvalue weighted by Gasteiger charge is 2.33. The van der Waals surface area contributed by atoms with E-state index in [4.69, 9.17) is 4.74 Å². The molecule has 0 saturated carbocycles. The van der Waals surface area contributed by atoms with Gasteiger partial charge in [0.15, 0.2) is 0 Å². The smallest absolute Gasteiger partial charge is 0.310 e. The van der Waals surface area contributed by atoms with Gasteiger partial charge in [0, 0.05) is 13.1 Å². The number of nitrogens with zero attached hydrogens (tertiary/aromatic N) is 3. The SMILES string of the molecule is CCOC(=O)C1CCCN(S(=O)(=O)Nc2n[nH]c(C)n2)C1. The van der Waals surface area contributed by atoms with E-state index in [1.54, 1.807) is 13.8 Å². The molecule has 0 radical (unpaired) electrons. The van der Waals surface area contributed by atoms with Gasteiger partial charge in [0.2, 0.25) is 0 Å². The average Bonchev–Trinajstić information content (AvgIpc) is 2.84. The molecule has 1 unspecified atom stereocenters. The third kappa shape index (κ3) is 3.91. The minimum atomic E-state index is -3.77. The molecule has 9 nitrogen and oxygen atoms in total. The Hall–Kier alpha value is -1.68. The van der Waals surface area contributed by atoms with Crippen LogP contribution in [0.1, 0.15) is 25.6 Å². The molecule has 1 fully saturated rings. The second-order valence-electron chi connectivity index (χ2n) is 4.80. The van der Waals surface area contributed by atoms with Crippen LogP contribution in [-0.4, -0.2) is 53.6 Å². The van der Waals surface area contributed by atoms with Gasteiger partial charge in [-0.25, -0.2) is 4.72 Å². The molecule has 0 aromatic carbocycles. The number of aryl methyl sites for hydroxylation is 1. The lowest BCUT2D eigenvalue weighted by Gasteiger charge is -2.30. The van der Waals surface area contributed by atoms with Crippen LogP contribution in [0.15, 0.2) is 0 Å². The number of aromatic amines is 1. The molecule has 10 heteroatoms. The summed E-state index contributed by atoms with van der Waals surface area (Å²) in [7, 11) is -3.77. The van der Waals surface area contributed by atoms with Gasteiger partial charge in [-0.15, -0.1) is 5.10 Å². The predicted octanol–water partition coefficient (Wildman–Crippen LogP) is 0.0449. The van der Waals surface area contributed by atoms with Crippen molar-refractivity contribution in [2.24, 2.45) is 5.92 Å². The highest BCUT2D eigenvalue weighted by atomic mass is 32.2. The van der Waals surface area contributed by atoms with Gasteiger partial charge >= 0.3 is 16.2 Å². The number of hydrogen-bond acceptors (Lipinski definition) is 6. The number of ether oxygens (including phenoxy) is 1. The van der Waals surface area contributed by atoms with Gasteiger partial charge in [0.25, 0.3) is 5.95 Å². The normalized spacial score (nSPS) is 20.2. The predicted molar refractivity (Wildman–Crippen MR) is 74.6 cm³/mol. The molecule has 1 aromatic rings. The Morgan fingerprint density at radius 2 is 2.33 bits per heavy atom. The summed E-state index contributed by atoms with van der Waals surface area (Å²) in [6, 6.07) is 0. The van der Waals surface area contributed by atoms with Gasteiger partial charge in [-0.05, 0) is 26.7 Å². The second kappa shape index (κ2) is 6.39. The van der Waals surface area contributed by atoms with Crippen molar-refractivity contribution in [2.45, 2.75) is 26.7 Å². The van der Waals surface area contributed by atoms with Crippen LogP contribution >= 0.6 is 0 Å². The van der Waals surface area contributed by atoms with E-state index in [2.05, 4.69) is 19.9 Å². The van der Waals surface area contributed by atoms with Gasteiger partial charge < -0.3 is 4.74 Å². The molecule has 1 aliphatic rings. The highest BCUT2D eigenvalue weighted by Crippen LogP contribution is 2.21. The van der Waals surface area contributed by atoms with Crippen LogP contribution in [0.4, 0.5) is 5.95 Å². The summed E-state index contributed by atoms with van der Waals surface area (Å²) in [6.07, 6.45) is 1.24. The summed E-state index contributed by atoms with van der Waals surface area (Å²) in [4.78, 5) is 15.6. The number of esters is 1. The van der Waals surface area contributed by atoms with E-state index in [0.717, 1.165) is 0 Å². The molecule has 0 bridgehead atoms. The average molecular weight is 317 g/mol. The number of anilines is 1. The monoisotopic (exact) mass is 317 g/mol. The van der Waals surface area contributed by atoms with Crippen LogP contribution in [0.25, 0.3) is 0 Å². The Bertz CT molecular complexity index is 600. The summed E-state index contributed by atoms with van der Waals surface area (Å²) in [5.74, 6) is -0.281. The Morgan fingerprint density at radius 3 is 2.95 bits per heavy atom. The summed E-state index contributed by atoms with van der Waals surface area (Å²) in [6.45, 7) is 4.15. The van der Waals surface area contributed by atoms with Gasteiger partial charge in [-0.3, -0.25) is 9.89 Å². The highest BCUT2D eigenvalue weighted by molar-refractivity contribution is 7.90. The third-order valence-corrected chi connectivity index (χ3v) is 4.61. The largest absolute Gasteiger partial charge is 0.466 e. The molecule has 2 heterocycles. The maximum absolute atomic E-state index is 12.3. The van der Waals surface area contributed by atoms with Crippen molar-refractivity contribution < 1.29 is 17.9 Å². The summed E-state index contributed by atoms with van der Waals surface area (Å²) in [5.41, 5.74) is 0. The number of piperidine rings is 1. The molecule has 118 valence electrons. The number of carbonyl (C=O) groups excluding carboxylic acids is 1. The van der Waals surface area contributed by atoms with Gasteiger partial charge in [0.1, 0.15) is 5.82 Å². The molecule has 1 aliphatic heterocycles. The number of rotatable bonds is 5. The van der Waals surface area contributed by atoms with Crippen LogP contribution in [-0.2, 0) is 19.7 Å². The fourth-order valence-electron chi connectivity index (χ4n) is 2.18. The lowest BCUT2D eigenvalue weighted by atomic mass is 10.0. The molecule has 0 aliphatic carbocycles. The molecular weight excluding hydrogens is 298 g/mol. The Kier molecular flexibility index (Phi) is 4.78. The van der Waals surface area contributed by atoms with Crippen LogP contribution in [0.5, 0.6) is 0 Å². The maximum atomic E-state index is 12.3. The summed E-state index contributed by atoms with van der Waals surface area (Å²) < 4.78 is 33.0.